The van der Waals surface area contributed by atoms with Crippen LogP contribution in [0.1, 0.15) is 54.1 Å². The molecule has 18 heavy (non-hydrogen) atoms. The summed E-state index contributed by atoms with van der Waals surface area (Å²) in [7, 11) is 0. The molecule has 2 unspecified atom stereocenters. The van der Waals surface area contributed by atoms with E-state index in [1.165, 1.54) is 24.0 Å². The predicted molar refractivity (Wildman–Crippen MR) is 75.1 cm³/mol. The summed E-state index contributed by atoms with van der Waals surface area (Å²) in [6, 6.07) is 6.93. The Morgan fingerprint density at radius 2 is 2.06 bits per heavy atom. The van der Waals surface area contributed by atoms with Gasteiger partial charge in [-0.05, 0) is 50.8 Å². The van der Waals surface area contributed by atoms with Gasteiger partial charge in [0.1, 0.15) is 0 Å². The van der Waals surface area contributed by atoms with Crippen LogP contribution in [0.3, 0.4) is 0 Å². The molecule has 2 rings (SSSR count). The van der Waals surface area contributed by atoms with Crippen molar-refractivity contribution in [3.05, 3.63) is 34.9 Å². The van der Waals surface area contributed by atoms with Crippen LogP contribution in [-0.4, -0.2) is 17.9 Å². The molecule has 0 bridgehead atoms. The highest BCUT2D eigenvalue weighted by atomic mass is 16.1. The first kappa shape index (κ1) is 13.3. The van der Waals surface area contributed by atoms with Crippen molar-refractivity contribution in [2.75, 3.05) is 0 Å². The van der Waals surface area contributed by atoms with Crippen molar-refractivity contribution in [1.29, 1.82) is 0 Å². The van der Waals surface area contributed by atoms with Crippen LogP contribution in [0.5, 0.6) is 0 Å². The van der Waals surface area contributed by atoms with Gasteiger partial charge in [-0.2, -0.15) is 0 Å². The van der Waals surface area contributed by atoms with Crippen LogP contribution in [0.25, 0.3) is 0 Å². The zero-order chi connectivity index (χ0) is 13.1. The highest BCUT2D eigenvalue weighted by Gasteiger charge is 2.20. The molecule has 0 amide bonds. The van der Waals surface area contributed by atoms with Crippen molar-refractivity contribution in [3.8, 4) is 0 Å². The van der Waals surface area contributed by atoms with E-state index in [2.05, 4.69) is 26.1 Å². The first-order valence-electron chi connectivity index (χ1n) is 6.93. The Morgan fingerprint density at radius 1 is 1.28 bits per heavy atom. The van der Waals surface area contributed by atoms with E-state index in [9.17, 15) is 4.79 Å². The van der Waals surface area contributed by atoms with Crippen LogP contribution in [0.2, 0.25) is 0 Å². The van der Waals surface area contributed by atoms with Gasteiger partial charge < -0.3 is 5.32 Å². The molecule has 0 aromatic heterocycles. The van der Waals surface area contributed by atoms with Gasteiger partial charge >= 0.3 is 0 Å². The number of hydrogen-bond acceptors (Lipinski definition) is 2. The van der Waals surface area contributed by atoms with Gasteiger partial charge in [-0.25, -0.2) is 0 Å². The summed E-state index contributed by atoms with van der Waals surface area (Å²) in [5.41, 5.74) is 3.31. The summed E-state index contributed by atoms with van der Waals surface area (Å²) in [5, 5.41) is 3.52. The van der Waals surface area contributed by atoms with E-state index < -0.39 is 0 Å². The third-order valence-electron chi connectivity index (χ3n) is 3.97. The minimum absolute atomic E-state index is 0.268. The van der Waals surface area contributed by atoms with E-state index in [0.29, 0.717) is 18.5 Å². The number of carbonyl (C=O) groups excluding carboxylic acids is 1. The summed E-state index contributed by atoms with van der Waals surface area (Å²) >= 11 is 0. The molecule has 1 fully saturated rings. The smallest absolute Gasteiger partial charge is 0.164 e. The van der Waals surface area contributed by atoms with Crippen LogP contribution in [0, 0.1) is 13.8 Å². The van der Waals surface area contributed by atoms with Crippen LogP contribution < -0.4 is 5.32 Å². The molecule has 0 aliphatic carbocycles. The molecule has 1 saturated heterocycles. The normalized spacial score (nSPS) is 23.9. The molecule has 98 valence electrons. The summed E-state index contributed by atoms with van der Waals surface area (Å²) in [6.45, 7) is 6.34. The number of hydrogen-bond donors (Lipinski definition) is 1. The SMILES string of the molecule is Cc1ccc(C(=O)CC2CCCC(C)N2)cc1C. The zero-order valence-electron chi connectivity index (χ0n) is 11.6. The van der Waals surface area contributed by atoms with Gasteiger partial charge in [0.15, 0.2) is 5.78 Å². The van der Waals surface area contributed by atoms with Gasteiger partial charge in [0, 0.05) is 24.1 Å². The monoisotopic (exact) mass is 245 g/mol. The van der Waals surface area contributed by atoms with Gasteiger partial charge in [0.2, 0.25) is 0 Å². The van der Waals surface area contributed by atoms with Gasteiger partial charge in [-0.1, -0.05) is 18.6 Å². The molecule has 0 saturated carbocycles. The lowest BCUT2D eigenvalue weighted by Gasteiger charge is -2.28. The number of Topliss-reactive ketones (excluding diaryl/α,β-unsaturated/α-hetero) is 1. The molecular formula is C16H23NO. The van der Waals surface area contributed by atoms with Gasteiger partial charge in [-0.3, -0.25) is 4.79 Å². The van der Waals surface area contributed by atoms with Crippen LogP contribution in [0.4, 0.5) is 0 Å². The summed E-state index contributed by atoms with van der Waals surface area (Å²) in [5.74, 6) is 0.268. The number of aryl methyl sites for hydroxylation is 2. The Labute approximate surface area is 110 Å². The Bertz CT molecular complexity index is 439. The van der Waals surface area contributed by atoms with E-state index in [1.807, 2.05) is 18.2 Å². The van der Waals surface area contributed by atoms with E-state index in [-0.39, 0.29) is 5.78 Å². The molecule has 1 aliphatic heterocycles. The van der Waals surface area contributed by atoms with Crippen molar-refractivity contribution in [2.24, 2.45) is 0 Å². The molecule has 1 aliphatic rings. The first-order valence-corrected chi connectivity index (χ1v) is 6.93. The quantitative estimate of drug-likeness (QED) is 0.827. The van der Waals surface area contributed by atoms with E-state index in [4.69, 9.17) is 0 Å². The number of piperidine rings is 1. The van der Waals surface area contributed by atoms with Crippen molar-refractivity contribution in [2.45, 2.75) is 58.5 Å². The molecule has 1 aromatic carbocycles. The highest BCUT2D eigenvalue weighted by molar-refractivity contribution is 5.96. The fourth-order valence-corrected chi connectivity index (χ4v) is 2.66. The molecule has 2 nitrogen and oxygen atoms in total. The molecule has 1 N–H and O–H groups in total. The topological polar surface area (TPSA) is 29.1 Å². The standard InChI is InChI=1S/C16H23NO/c1-11-7-8-14(9-12(11)2)16(18)10-15-6-4-5-13(3)17-15/h7-9,13,15,17H,4-6,10H2,1-3H3. The lowest BCUT2D eigenvalue weighted by atomic mass is 9.93. The third-order valence-corrected chi connectivity index (χ3v) is 3.97. The largest absolute Gasteiger partial charge is 0.311 e. The first-order chi connectivity index (χ1) is 8.56. The maximum atomic E-state index is 12.2. The van der Waals surface area contributed by atoms with E-state index in [1.54, 1.807) is 0 Å². The number of benzene rings is 1. The molecule has 2 atom stereocenters. The Balaban J connectivity index is 2.00. The second kappa shape index (κ2) is 5.66. The van der Waals surface area contributed by atoms with Crippen molar-refractivity contribution in [3.63, 3.8) is 0 Å². The molecule has 1 heterocycles. The lowest BCUT2D eigenvalue weighted by Crippen LogP contribution is -2.41. The predicted octanol–water partition coefficient (Wildman–Crippen LogP) is 3.41. The average molecular weight is 245 g/mol. The zero-order valence-corrected chi connectivity index (χ0v) is 11.6. The van der Waals surface area contributed by atoms with Crippen LogP contribution in [-0.2, 0) is 0 Å². The Morgan fingerprint density at radius 3 is 2.72 bits per heavy atom. The van der Waals surface area contributed by atoms with Crippen molar-refractivity contribution >= 4 is 5.78 Å². The number of nitrogens with one attached hydrogen (secondary N) is 1. The van der Waals surface area contributed by atoms with E-state index >= 15 is 0 Å². The van der Waals surface area contributed by atoms with Gasteiger partial charge in [0.05, 0.1) is 0 Å². The maximum absolute atomic E-state index is 12.2. The second-order valence-electron chi connectivity index (χ2n) is 5.62. The van der Waals surface area contributed by atoms with Crippen molar-refractivity contribution in [1.82, 2.24) is 5.32 Å². The Hall–Kier alpha value is -1.15. The summed E-state index contributed by atoms with van der Waals surface area (Å²) < 4.78 is 0. The molecular weight excluding hydrogens is 222 g/mol. The number of ketones is 1. The minimum Gasteiger partial charge on any atom is -0.311 e. The minimum atomic E-state index is 0.268. The molecule has 0 radical (unpaired) electrons. The Kier molecular flexibility index (Phi) is 4.18. The summed E-state index contributed by atoms with van der Waals surface area (Å²) in [6.07, 6.45) is 4.22. The van der Waals surface area contributed by atoms with Crippen LogP contribution >= 0.6 is 0 Å². The van der Waals surface area contributed by atoms with Crippen LogP contribution in [0.15, 0.2) is 18.2 Å². The van der Waals surface area contributed by atoms with E-state index in [0.717, 1.165) is 12.0 Å². The average Bonchev–Trinajstić information content (AvgIpc) is 2.32. The molecule has 2 heteroatoms. The molecule has 1 aromatic rings. The fourth-order valence-electron chi connectivity index (χ4n) is 2.66. The fraction of sp³-hybridized carbons (Fsp3) is 0.562. The highest BCUT2D eigenvalue weighted by Crippen LogP contribution is 2.18. The number of rotatable bonds is 3. The maximum Gasteiger partial charge on any atom is 0.164 e. The second-order valence-corrected chi connectivity index (χ2v) is 5.62. The molecule has 0 spiro atoms. The lowest BCUT2D eigenvalue weighted by molar-refractivity contribution is 0.0960. The van der Waals surface area contributed by atoms with Gasteiger partial charge in [0.25, 0.3) is 0 Å². The van der Waals surface area contributed by atoms with Crippen molar-refractivity contribution < 1.29 is 4.79 Å². The number of carbonyl (C=O) groups is 1. The van der Waals surface area contributed by atoms with Gasteiger partial charge in [-0.15, -0.1) is 0 Å². The summed E-state index contributed by atoms with van der Waals surface area (Å²) in [4.78, 5) is 12.2. The third kappa shape index (κ3) is 3.20.